The summed E-state index contributed by atoms with van der Waals surface area (Å²) in [4.78, 5) is 0. The van der Waals surface area contributed by atoms with Crippen LogP contribution < -0.4 is 27.0 Å². The maximum absolute atomic E-state index is 5.40. The van der Waals surface area contributed by atoms with E-state index in [9.17, 15) is 0 Å². The fraction of sp³-hybridized carbons (Fsp3) is 1.00. The molecule has 0 unspecified atom stereocenters. The van der Waals surface area contributed by atoms with Crippen molar-refractivity contribution in [2.24, 2.45) is 5.73 Å². The lowest BCUT2D eigenvalue weighted by Gasteiger charge is -2.08. The molecule has 0 rings (SSSR count). The molecule has 0 atom stereocenters. The highest BCUT2D eigenvalue weighted by molar-refractivity contribution is 4.57. The standard InChI is InChI=1S/C16H39N5/c1-2-3-4-5-6-7-9-18-11-13-20-15-16-21-14-12-19-10-8-17/h18-21H,2-17H2,1H3. The molecule has 0 fully saturated rings. The molecule has 0 aromatic carbocycles. The Kier molecular flexibility index (Phi) is 19.6. The lowest BCUT2D eigenvalue weighted by molar-refractivity contribution is 0.546. The molecule has 0 bridgehead atoms. The molecule has 0 spiro atoms. The molecule has 0 saturated carbocycles. The van der Waals surface area contributed by atoms with Gasteiger partial charge in [0.25, 0.3) is 0 Å². The summed E-state index contributed by atoms with van der Waals surface area (Å²) in [5.74, 6) is 0. The Morgan fingerprint density at radius 3 is 1.48 bits per heavy atom. The third-order valence-corrected chi connectivity index (χ3v) is 3.46. The fourth-order valence-corrected chi connectivity index (χ4v) is 2.16. The zero-order valence-electron chi connectivity index (χ0n) is 14.2. The van der Waals surface area contributed by atoms with Crippen LogP contribution in [-0.4, -0.2) is 58.9 Å². The van der Waals surface area contributed by atoms with Crippen molar-refractivity contribution in [3.63, 3.8) is 0 Å². The minimum Gasteiger partial charge on any atom is -0.329 e. The summed E-state index contributed by atoms with van der Waals surface area (Å²) >= 11 is 0. The quantitative estimate of drug-likeness (QED) is 0.241. The van der Waals surface area contributed by atoms with Gasteiger partial charge in [-0.1, -0.05) is 39.0 Å². The topological polar surface area (TPSA) is 74.1 Å². The molecule has 21 heavy (non-hydrogen) atoms. The molecule has 0 aliphatic carbocycles. The van der Waals surface area contributed by atoms with Gasteiger partial charge >= 0.3 is 0 Å². The third-order valence-electron chi connectivity index (χ3n) is 3.46. The fourth-order valence-electron chi connectivity index (χ4n) is 2.16. The van der Waals surface area contributed by atoms with Crippen molar-refractivity contribution < 1.29 is 0 Å². The van der Waals surface area contributed by atoms with Crippen LogP contribution in [-0.2, 0) is 0 Å². The summed E-state index contributed by atoms with van der Waals surface area (Å²) in [5.41, 5.74) is 5.40. The number of rotatable bonds is 18. The SMILES string of the molecule is CCCCCCCCNCCNCCNCCNCCN. The third kappa shape index (κ3) is 19.8. The van der Waals surface area contributed by atoms with E-state index in [1.807, 2.05) is 0 Å². The minimum absolute atomic E-state index is 0.716. The highest BCUT2D eigenvalue weighted by Gasteiger charge is 1.91. The van der Waals surface area contributed by atoms with Crippen molar-refractivity contribution in [2.45, 2.75) is 45.4 Å². The van der Waals surface area contributed by atoms with Gasteiger partial charge in [-0.3, -0.25) is 0 Å². The molecule has 0 heterocycles. The van der Waals surface area contributed by atoms with Gasteiger partial charge in [0.2, 0.25) is 0 Å². The van der Waals surface area contributed by atoms with Crippen LogP contribution in [0.1, 0.15) is 45.4 Å². The molecule has 0 amide bonds. The molecule has 0 radical (unpaired) electrons. The molecule has 0 aromatic rings. The van der Waals surface area contributed by atoms with Gasteiger partial charge in [-0.05, 0) is 13.0 Å². The second kappa shape index (κ2) is 19.8. The van der Waals surface area contributed by atoms with Crippen molar-refractivity contribution in [2.75, 3.05) is 58.9 Å². The molecule has 6 N–H and O–H groups in total. The van der Waals surface area contributed by atoms with Gasteiger partial charge in [0, 0.05) is 52.4 Å². The number of hydrogen-bond acceptors (Lipinski definition) is 5. The first-order valence-corrected chi connectivity index (χ1v) is 8.94. The number of nitrogens with two attached hydrogens (primary N) is 1. The monoisotopic (exact) mass is 301 g/mol. The highest BCUT2D eigenvalue weighted by atomic mass is 15.0. The summed E-state index contributed by atoms with van der Waals surface area (Å²) < 4.78 is 0. The summed E-state index contributed by atoms with van der Waals surface area (Å²) in [5, 5.41) is 13.6. The van der Waals surface area contributed by atoms with Crippen LogP contribution in [0.25, 0.3) is 0 Å². The Morgan fingerprint density at radius 2 is 0.952 bits per heavy atom. The predicted molar refractivity (Wildman–Crippen MR) is 93.9 cm³/mol. The van der Waals surface area contributed by atoms with Crippen LogP contribution in [0, 0.1) is 0 Å². The molecule has 0 saturated heterocycles. The second-order valence-corrected chi connectivity index (χ2v) is 5.56. The maximum Gasteiger partial charge on any atom is 0.00772 e. The predicted octanol–water partition coefficient (Wildman–Crippen LogP) is 0.664. The Bertz CT molecular complexity index is 160. The second-order valence-electron chi connectivity index (χ2n) is 5.56. The van der Waals surface area contributed by atoms with E-state index in [1.165, 1.54) is 45.1 Å². The van der Waals surface area contributed by atoms with E-state index >= 15 is 0 Å². The van der Waals surface area contributed by atoms with Crippen molar-refractivity contribution >= 4 is 0 Å². The maximum atomic E-state index is 5.40. The lowest BCUT2D eigenvalue weighted by atomic mass is 10.1. The van der Waals surface area contributed by atoms with Gasteiger partial charge in [0.15, 0.2) is 0 Å². The van der Waals surface area contributed by atoms with Gasteiger partial charge in [-0.25, -0.2) is 0 Å². The van der Waals surface area contributed by atoms with Gasteiger partial charge in [0.05, 0.1) is 0 Å². The van der Waals surface area contributed by atoms with Crippen LogP contribution >= 0.6 is 0 Å². The van der Waals surface area contributed by atoms with Gasteiger partial charge in [-0.15, -0.1) is 0 Å². The first-order chi connectivity index (χ1) is 10.4. The van der Waals surface area contributed by atoms with Gasteiger partial charge in [-0.2, -0.15) is 0 Å². The van der Waals surface area contributed by atoms with Crippen molar-refractivity contribution in [1.29, 1.82) is 0 Å². The van der Waals surface area contributed by atoms with E-state index in [1.54, 1.807) is 0 Å². The van der Waals surface area contributed by atoms with Crippen LogP contribution in [0.3, 0.4) is 0 Å². The first kappa shape index (κ1) is 20.8. The molecular weight excluding hydrogens is 262 g/mol. The van der Waals surface area contributed by atoms with Gasteiger partial charge < -0.3 is 27.0 Å². The van der Waals surface area contributed by atoms with Crippen molar-refractivity contribution in [3.05, 3.63) is 0 Å². The molecule has 5 nitrogen and oxygen atoms in total. The average molecular weight is 302 g/mol. The summed E-state index contributed by atoms with van der Waals surface area (Å²) in [7, 11) is 0. The minimum atomic E-state index is 0.716. The average Bonchev–Trinajstić information content (AvgIpc) is 2.50. The van der Waals surface area contributed by atoms with Crippen molar-refractivity contribution in [1.82, 2.24) is 21.3 Å². The van der Waals surface area contributed by atoms with Crippen LogP contribution in [0.5, 0.6) is 0 Å². The summed E-state index contributed by atoms with van der Waals surface area (Å²) in [6, 6.07) is 0. The summed E-state index contributed by atoms with van der Waals surface area (Å²) in [6.45, 7) is 11.3. The zero-order chi connectivity index (χ0) is 15.4. The van der Waals surface area contributed by atoms with E-state index in [-0.39, 0.29) is 0 Å². The van der Waals surface area contributed by atoms with Crippen LogP contribution in [0.2, 0.25) is 0 Å². The molecule has 0 aliphatic rings. The van der Waals surface area contributed by atoms with E-state index in [2.05, 4.69) is 28.2 Å². The molecular formula is C16H39N5. The molecule has 0 aliphatic heterocycles. The molecule has 128 valence electrons. The van der Waals surface area contributed by atoms with E-state index < -0.39 is 0 Å². The number of nitrogens with one attached hydrogen (secondary N) is 4. The number of unbranched alkanes of at least 4 members (excludes halogenated alkanes) is 5. The smallest absolute Gasteiger partial charge is 0.00772 e. The Balaban J connectivity index is 2.90. The zero-order valence-corrected chi connectivity index (χ0v) is 14.2. The Labute approximate surface area is 132 Å². The van der Waals surface area contributed by atoms with Crippen LogP contribution in [0.15, 0.2) is 0 Å². The normalized spacial score (nSPS) is 11.1. The van der Waals surface area contributed by atoms with E-state index in [0.29, 0.717) is 6.54 Å². The van der Waals surface area contributed by atoms with Crippen molar-refractivity contribution in [3.8, 4) is 0 Å². The lowest BCUT2D eigenvalue weighted by Crippen LogP contribution is -2.36. The molecule has 0 aromatic heterocycles. The molecule has 5 heteroatoms. The van der Waals surface area contributed by atoms with E-state index in [0.717, 1.165) is 45.8 Å². The van der Waals surface area contributed by atoms with Gasteiger partial charge in [0.1, 0.15) is 0 Å². The largest absolute Gasteiger partial charge is 0.329 e. The first-order valence-electron chi connectivity index (χ1n) is 8.94. The summed E-state index contributed by atoms with van der Waals surface area (Å²) in [6.07, 6.45) is 8.24. The number of hydrogen-bond donors (Lipinski definition) is 5. The van der Waals surface area contributed by atoms with E-state index in [4.69, 9.17) is 5.73 Å². The van der Waals surface area contributed by atoms with Crippen LogP contribution in [0.4, 0.5) is 0 Å². The Hall–Kier alpha value is -0.200. The highest BCUT2D eigenvalue weighted by Crippen LogP contribution is 2.03. The Morgan fingerprint density at radius 1 is 0.524 bits per heavy atom.